The predicted molar refractivity (Wildman–Crippen MR) is 112 cm³/mol. The highest BCUT2D eigenvalue weighted by Gasteiger charge is 2.26. The van der Waals surface area contributed by atoms with Crippen LogP contribution in [0.1, 0.15) is 44.1 Å². The van der Waals surface area contributed by atoms with Crippen molar-refractivity contribution in [2.75, 3.05) is 23.3 Å². The van der Waals surface area contributed by atoms with Gasteiger partial charge in [0.2, 0.25) is 0 Å². The Labute approximate surface area is 175 Å². The number of primary amides is 1. The molecule has 11 nitrogen and oxygen atoms in total. The fraction of sp³-hybridized carbons (Fsp3) is 0.526. The third-order valence-electron chi connectivity index (χ3n) is 4.43. The van der Waals surface area contributed by atoms with Crippen molar-refractivity contribution in [3.05, 3.63) is 24.3 Å². The minimum absolute atomic E-state index is 0.0445. The van der Waals surface area contributed by atoms with Gasteiger partial charge in [-0.1, -0.05) is 0 Å². The number of rotatable bonds is 5. The Morgan fingerprint density at radius 3 is 2.70 bits per heavy atom. The fourth-order valence-corrected chi connectivity index (χ4v) is 3.20. The number of ether oxygens (including phenoxy) is 1. The SMILES string of the molecule is Cn1cc(Nc2nc(N3CCCC(NC(=O)OC(C)(C)C)C3)cnc2C(N)=O)cn1. The maximum Gasteiger partial charge on any atom is 0.407 e. The van der Waals surface area contributed by atoms with E-state index in [1.165, 1.54) is 6.20 Å². The number of amides is 2. The van der Waals surface area contributed by atoms with Crippen molar-refractivity contribution in [2.45, 2.75) is 45.3 Å². The number of carbonyl (C=O) groups excluding carboxylic acids is 2. The summed E-state index contributed by atoms with van der Waals surface area (Å²) in [6.07, 6.45) is 6.14. The predicted octanol–water partition coefficient (Wildman–Crippen LogP) is 1.55. The van der Waals surface area contributed by atoms with Crippen LogP contribution in [-0.2, 0) is 11.8 Å². The van der Waals surface area contributed by atoms with Gasteiger partial charge in [0.05, 0.1) is 18.1 Å². The van der Waals surface area contributed by atoms with Crippen LogP contribution in [0.5, 0.6) is 0 Å². The number of nitrogens with two attached hydrogens (primary N) is 1. The van der Waals surface area contributed by atoms with Crippen LogP contribution in [0.2, 0.25) is 0 Å². The molecule has 0 bridgehead atoms. The Balaban J connectivity index is 1.75. The van der Waals surface area contributed by atoms with Gasteiger partial charge in [0.25, 0.3) is 5.91 Å². The number of hydrogen-bond donors (Lipinski definition) is 3. The molecule has 0 aromatic carbocycles. The molecule has 4 N–H and O–H groups in total. The van der Waals surface area contributed by atoms with E-state index in [2.05, 4.69) is 25.7 Å². The third kappa shape index (κ3) is 5.58. The summed E-state index contributed by atoms with van der Waals surface area (Å²) < 4.78 is 6.97. The van der Waals surface area contributed by atoms with Gasteiger partial charge in [-0.15, -0.1) is 0 Å². The molecule has 1 unspecified atom stereocenters. The molecule has 2 aromatic heterocycles. The molecule has 0 spiro atoms. The lowest BCUT2D eigenvalue weighted by molar-refractivity contribution is 0.0499. The van der Waals surface area contributed by atoms with Gasteiger partial charge in [-0.05, 0) is 33.6 Å². The normalized spacial score (nSPS) is 16.8. The molecule has 1 aliphatic rings. The van der Waals surface area contributed by atoms with Crippen molar-refractivity contribution >= 4 is 29.3 Å². The van der Waals surface area contributed by atoms with Crippen LogP contribution in [0.3, 0.4) is 0 Å². The number of aryl methyl sites for hydroxylation is 1. The van der Waals surface area contributed by atoms with Crippen molar-refractivity contribution in [2.24, 2.45) is 12.8 Å². The molecule has 1 aliphatic heterocycles. The summed E-state index contributed by atoms with van der Waals surface area (Å²) in [5, 5.41) is 10.0. The van der Waals surface area contributed by atoms with Gasteiger partial charge in [0.15, 0.2) is 11.5 Å². The molecule has 3 heterocycles. The largest absolute Gasteiger partial charge is 0.444 e. The molecule has 2 aromatic rings. The van der Waals surface area contributed by atoms with Gasteiger partial charge in [-0.2, -0.15) is 5.10 Å². The van der Waals surface area contributed by atoms with Crippen molar-refractivity contribution in [1.82, 2.24) is 25.1 Å². The van der Waals surface area contributed by atoms with Gasteiger partial charge in [0.1, 0.15) is 11.4 Å². The van der Waals surface area contributed by atoms with Gasteiger partial charge in [-0.25, -0.2) is 14.8 Å². The first kappa shape index (κ1) is 21.3. The summed E-state index contributed by atoms with van der Waals surface area (Å²) in [7, 11) is 1.79. The zero-order chi connectivity index (χ0) is 21.9. The van der Waals surface area contributed by atoms with E-state index in [1.807, 2.05) is 25.7 Å². The molecule has 1 atom stereocenters. The van der Waals surface area contributed by atoms with Crippen LogP contribution < -0.4 is 21.3 Å². The number of piperidine rings is 1. The monoisotopic (exact) mass is 416 g/mol. The minimum atomic E-state index is -0.677. The van der Waals surface area contributed by atoms with Crippen LogP contribution in [0.15, 0.2) is 18.6 Å². The van der Waals surface area contributed by atoms with Gasteiger partial charge in [-0.3, -0.25) is 9.48 Å². The highest BCUT2D eigenvalue weighted by atomic mass is 16.6. The maximum absolute atomic E-state index is 12.1. The summed E-state index contributed by atoms with van der Waals surface area (Å²) in [6.45, 7) is 6.78. The number of anilines is 3. The van der Waals surface area contributed by atoms with E-state index in [4.69, 9.17) is 10.5 Å². The summed E-state index contributed by atoms with van der Waals surface area (Å²) in [5.41, 5.74) is 5.60. The topological polar surface area (TPSA) is 140 Å². The highest BCUT2D eigenvalue weighted by Crippen LogP contribution is 2.23. The molecule has 0 aliphatic carbocycles. The molecule has 162 valence electrons. The lowest BCUT2D eigenvalue weighted by atomic mass is 10.1. The Kier molecular flexibility index (Phi) is 6.09. The molecular weight excluding hydrogens is 388 g/mol. The van der Waals surface area contributed by atoms with Gasteiger partial charge >= 0.3 is 6.09 Å². The van der Waals surface area contributed by atoms with Crippen molar-refractivity contribution < 1.29 is 14.3 Å². The lowest BCUT2D eigenvalue weighted by Gasteiger charge is -2.34. The summed E-state index contributed by atoms with van der Waals surface area (Å²) in [5.74, 6) is 0.167. The number of aromatic nitrogens is 4. The van der Waals surface area contributed by atoms with E-state index < -0.39 is 17.6 Å². The van der Waals surface area contributed by atoms with Crippen LogP contribution in [0.25, 0.3) is 0 Å². The first-order chi connectivity index (χ1) is 14.1. The molecule has 0 saturated carbocycles. The molecule has 2 amide bonds. The number of alkyl carbamates (subject to hydrolysis) is 1. The van der Waals surface area contributed by atoms with Gasteiger partial charge in [0, 0.05) is 32.4 Å². The van der Waals surface area contributed by atoms with E-state index >= 15 is 0 Å². The Hall–Kier alpha value is -3.37. The second kappa shape index (κ2) is 8.56. The average Bonchev–Trinajstić information content (AvgIpc) is 3.04. The van der Waals surface area contributed by atoms with E-state index in [0.717, 1.165) is 19.4 Å². The Bertz CT molecular complexity index is 921. The molecule has 0 radical (unpaired) electrons. The minimum Gasteiger partial charge on any atom is -0.444 e. The van der Waals surface area contributed by atoms with Gasteiger partial charge < -0.3 is 26.0 Å². The maximum atomic E-state index is 12.1. The van der Waals surface area contributed by atoms with Crippen LogP contribution >= 0.6 is 0 Å². The second-order valence-corrected chi connectivity index (χ2v) is 8.25. The molecule has 1 saturated heterocycles. The number of nitrogens with one attached hydrogen (secondary N) is 2. The summed E-state index contributed by atoms with van der Waals surface area (Å²) in [6, 6.07) is -0.0825. The first-order valence-electron chi connectivity index (χ1n) is 9.78. The van der Waals surface area contributed by atoms with Crippen LogP contribution in [-0.4, -0.2) is 56.5 Å². The van der Waals surface area contributed by atoms with Crippen molar-refractivity contribution in [3.8, 4) is 0 Å². The second-order valence-electron chi connectivity index (χ2n) is 8.25. The number of carbonyl (C=O) groups is 2. The first-order valence-corrected chi connectivity index (χ1v) is 9.78. The van der Waals surface area contributed by atoms with Crippen LogP contribution in [0.4, 0.5) is 22.1 Å². The van der Waals surface area contributed by atoms with E-state index in [-0.39, 0.29) is 17.6 Å². The summed E-state index contributed by atoms with van der Waals surface area (Å²) >= 11 is 0. The zero-order valence-corrected chi connectivity index (χ0v) is 17.7. The van der Waals surface area contributed by atoms with E-state index in [9.17, 15) is 9.59 Å². The smallest absolute Gasteiger partial charge is 0.407 e. The van der Waals surface area contributed by atoms with Crippen LogP contribution in [0, 0.1) is 0 Å². The highest BCUT2D eigenvalue weighted by molar-refractivity contribution is 5.96. The molecule has 30 heavy (non-hydrogen) atoms. The van der Waals surface area contributed by atoms with E-state index in [0.29, 0.717) is 18.1 Å². The molecule has 11 heteroatoms. The lowest BCUT2D eigenvalue weighted by Crippen LogP contribution is -2.49. The van der Waals surface area contributed by atoms with E-state index in [1.54, 1.807) is 24.1 Å². The molecule has 3 rings (SSSR count). The summed E-state index contributed by atoms with van der Waals surface area (Å²) in [4.78, 5) is 34.7. The van der Waals surface area contributed by atoms with Crippen molar-refractivity contribution in [1.29, 1.82) is 0 Å². The standard InChI is InChI=1S/C19H28N8O3/c1-19(2,3)30-18(29)24-12-6-5-7-27(11-12)14-9-21-15(16(20)28)17(25-14)23-13-8-22-26(4)10-13/h8-10,12H,5-7,11H2,1-4H3,(H2,20,28)(H,23,25)(H,24,29). The number of nitrogens with zero attached hydrogens (tertiary/aromatic N) is 5. The average molecular weight is 416 g/mol. The fourth-order valence-electron chi connectivity index (χ4n) is 3.20. The Morgan fingerprint density at radius 1 is 1.30 bits per heavy atom. The Morgan fingerprint density at radius 2 is 2.07 bits per heavy atom. The third-order valence-corrected chi connectivity index (χ3v) is 4.43. The number of hydrogen-bond acceptors (Lipinski definition) is 8. The molecule has 1 fully saturated rings. The molecular formula is C19H28N8O3. The zero-order valence-electron chi connectivity index (χ0n) is 17.7. The van der Waals surface area contributed by atoms with Crippen molar-refractivity contribution in [3.63, 3.8) is 0 Å². The quantitative estimate of drug-likeness (QED) is 0.667.